The lowest BCUT2D eigenvalue weighted by atomic mass is 10.0. The van der Waals surface area contributed by atoms with Crippen LogP contribution in [0.4, 0.5) is 68.2 Å². The molecule has 0 atom stereocenters. The van der Waals surface area contributed by atoms with E-state index >= 15 is 0 Å². The number of para-hydroxylation sites is 8. The summed E-state index contributed by atoms with van der Waals surface area (Å²) in [5, 5.41) is 5.99. The molecule has 0 aliphatic carbocycles. The fraction of sp³-hybridized carbons (Fsp3) is 0.0196. The third kappa shape index (κ3) is 12.5. The number of hydrogen-bond acceptors (Lipinski definition) is 7. The summed E-state index contributed by atoms with van der Waals surface area (Å²) >= 11 is 0. The third-order valence-electron chi connectivity index (χ3n) is 21.3. The van der Waals surface area contributed by atoms with Gasteiger partial charge in [0, 0.05) is 79.2 Å². The van der Waals surface area contributed by atoms with Crippen LogP contribution in [0.2, 0.25) is 13.1 Å². The van der Waals surface area contributed by atoms with Crippen molar-refractivity contribution in [1.82, 2.24) is 0 Å². The molecule has 0 saturated heterocycles. The molecular weight excluding hydrogens is 1360 g/mol. The first-order chi connectivity index (χ1) is 54.3. The van der Waals surface area contributed by atoms with Gasteiger partial charge in [0.05, 0.1) is 10.8 Å². The lowest BCUT2D eigenvalue weighted by Gasteiger charge is -2.25. The molecule has 4 heterocycles. The van der Waals surface area contributed by atoms with Crippen LogP contribution in [0, 0.1) is 0 Å². The average molecular weight is 1430 g/mol. The minimum absolute atomic E-state index is 0.770. The maximum Gasteiger partial charge on any atom is 0.181 e. The van der Waals surface area contributed by atoms with Crippen LogP contribution in [0.15, 0.2) is 426 Å². The normalized spacial score (nSPS) is 12.0. The van der Waals surface area contributed by atoms with Gasteiger partial charge in [0.2, 0.25) is 0 Å². The molecule has 0 unspecified atom stereocenters. The number of fused-ring (bicyclic) bond motifs is 10. The number of benzene rings is 16. The van der Waals surface area contributed by atoms with E-state index in [1.165, 1.54) is 43.6 Å². The second-order valence-electron chi connectivity index (χ2n) is 28.4. The molecule has 0 spiro atoms. The van der Waals surface area contributed by atoms with Crippen LogP contribution in [-0.2, 0) is 0 Å². The highest BCUT2D eigenvalue weighted by molar-refractivity contribution is 7.05. The zero-order valence-corrected chi connectivity index (χ0v) is 61.8. The van der Waals surface area contributed by atoms with Gasteiger partial charge in [-0.05, 0) is 243 Å². The van der Waals surface area contributed by atoms with Crippen molar-refractivity contribution >= 4 is 131 Å². The minimum atomic E-state index is -2.05. The van der Waals surface area contributed by atoms with Crippen molar-refractivity contribution in [3.05, 3.63) is 413 Å². The summed E-state index contributed by atoms with van der Waals surface area (Å²) in [6.45, 7) is 4.93. The van der Waals surface area contributed by atoms with Crippen molar-refractivity contribution in [2.24, 2.45) is 0 Å². The van der Waals surface area contributed by atoms with Gasteiger partial charge >= 0.3 is 0 Å². The topological polar surface area (TPSA) is 52.4 Å². The molecule has 1 aliphatic rings. The Morgan fingerprint density at radius 1 is 0.200 bits per heavy atom. The highest BCUT2D eigenvalue weighted by Crippen LogP contribution is 2.45. The van der Waals surface area contributed by atoms with Gasteiger partial charge in [0.15, 0.2) is 11.2 Å². The van der Waals surface area contributed by atoms with Gasteiger partial charge in [-0.1, -0.05) is 238 Å². The van der Waals surface area contributed by atoms with E-state index in [4.69, 9.17) is 13.3 Å². The zero-order valence-electron chi connectivity index (χ0n) is 60.8. The second-order valence-corrected chi connectivity index (χ2v) is 32.7. The standard InChI is InChI=1S/C52H40N2OSi.C50H34N2O2/c1-56(2)50-34-28-40(38-25-31-46(32-26-38)54(43-19-11-5-12-20-43)44-21-13-6-14-22-44)36-48(50)51-52(56)47-35-39(27-33-49(47)55-51)37-23-29-45(30-24-37)53(41-15-7-3-8-16-41)42-17-9-4-10-18-42;1-5-13-39(14-6-1)51(40-15-7-2-8-16-40)43-27-21-35(22-28-43)37-25-31-47-45(33-37)49-50(53-47)46-34-38(26-32-48(46)54-49)36-23-29-44(30-24-36)52(41-17-9-3-10-18-41)42-19-11-4-12-20-42/h3-36H,1-2H3;1-34H. The van der Waals surface area contributed by atoms with Crippen molar-refractivity contribution < 1.29 is 13.3 Å². The Bertz CT molecular complexity index is 6080. The molecular formula is C102H74N4O3Si. The Labute approximate surface area is 640 Å². The molecule has 20 rings (SSSR count). The monoisotopic (exact) mass is 1430 g/mol. The van der Waals surface area contributed by atoms with Crippen molar-refractivity contribution in [2.75, 3.05) is 19.6 Å². The Morgan fingerprint density at radius 2 is 0.418 bits per heavy atom. The number of nitrogens with zero attached hydrogens (tertiary/aromatic N) is 4. The molecule has 0 fully saturated rings. The first-order valence-corrected chi connectivity index (χ1v) is 40.4. The molecule has 7 nitrogen and oxygen atoms in total. The van der Waals surface area contributed by atoms with E-state index in [1.807, 2.05) is 36.4 Å². The van der Waals surface area contributed by atoms with Crippen LogP contribution < -0.4 is 30.0 Å². The smallest absolute Gasteiger partial charge is 0.181 e. The molecule has 110 heavy (non-hydrogen) atoms. The van der Waals surface area contributed by atoms with E-state index in [0.717, 1.165) is 135 Å². The van der Waals surface area contributed by atoms with Crippen LogP contribution in [0.25, 0.3) is 99.9 Å². The molecule has 0 saturated carbocycles. The molecule has 19 aromatic rings. The predicted octanol–water partition coefficient (Wildman–Crippen LogP) is 28.1. The SMILES string of the molecule is C[Si]1(C)c2ccc(-c3ccc(N(c4ccccc4)c4ccccc4)cc3)cc2-c2oc3ccc(-c4ccc(N(c5ccccc5)c5ccccc5)cc4)cc3c21.c1ccc(N(c2ccccc2)c2ccc(-c3ccc4oc5c6cc(-c7ccc(N(c8ccccc8)c8ccccc8)cc7)ccc6oc5c4c3)cc2)cc1. The fourth-order valence-electron chi connectivity index (χ4n) is 15.9. The van der Waals surface area contributed by atoms with Crippen molar-refractivity contribution in [3.8, 4) is 55.8 Å². The molecule has 0 N–H and O–H groups in total. The Hall–Kier alpha value is -14.2. The summed E-state index contributed by atoms with van der Waals surface area (Å²) in [5.41, 5.74) is 28.0. The number of furan rings is 3. The fourth-order valence-corrected chi connectivity index (χ4v) is 19.2. The first-order valence-electron chi connectivity index (χ1n) is 37.4. The molecule has 524 valence electrons. The van der Waals surface area contributed by atoms with E-state index in [0.29, 0.717) is 0 Å². The lowest BCUT2D eigenvalue weighted by Crippen LogP contribution is -2.49. The molecule has 1 aliphatic heterocycles. The summed E-state index contributed by atoms with van der Waals surface area (Å²) in [6, 6.07) is 146. The summed E-state index contributed by atoms with van der Waals surface area (Å²) in [5.74, 6) is 1.04. The molecule has 0 amide bonds. The van der Waals surface area contributed by atoms with Crippen LogP contribution in [0.1, 0.15) is 0 Å². The molecule has 0 radical (unpaired) electrons. The van der Waals surface area contributed by atoms with Crippen LogP contribution in [-0.4, -0.2) is 8.07 Å². The molecule has 3 aromatic heterocycles. The Morgan fingerprint density at radius 3 is 0.691 bits per heavy atom. The van der Waals surface area contributed by atoms with E-state index < -0.39 is 8.07 Å². The van der Waals surface area contributed by atoms with Crippen molar-refractivity contribution in [2.45, 2.75) is 13.1 Å². The van der Waals surface area contributed by atoms with Gasteiger partial charge in [0.1, 0.15) is 30.6 Å². The number of hydrogen-bond donors (Lipinski definition) is 0. The van der Waals surface area contributed by atoms with Gasteiger partial charge in [-0.2, -0.15) is 0 Å². The highest BCUT2D eigenvalue weighted by Gasteiger charge is 2.42. The largest absolute Gasteiger partial charge is 0.456 e. The molecule has 8 heteroatoms. The maximum atomic E-state index is 6.77. The lowest BCUT2D eigenvalue weighted by molar-refractivity contribution is 0.635. The third-order valence-corrected chi connectivity index (χ3v) is 24.8. The van der Waals surface area contributed by atoms with Gasteiger partial charge in [-0.25, -0.2) is 0 Å². The van der Waals surface area contributed by atoms with Crippen molar-refractivity contribution in [1.29, 1.82) is 0 Å². The van der Waals surface area contributed by atoms with E-state index in [9.17, 15) is 0 Å². The zero-order chi connectivity index (χ0) is 73.5. The van der Waals surface area contributed by atoms with E-state index in [2.05, 4.69) is 409 Å². The van der Waals surface area contributed by atoms with Gasteiger partial charge in [0.25, 0.3) is 0 Å². The Kier molecular flexibility index (Phi) is 17.3. The molecule has 16 aromatic carbocycles. The summed E-state index contributed by atoms with van der Waals surface area (Å²) in [4.78, 5) is 9.14. The van der Waals surface area contributed by atoms with E-state index in [-0.39, 0.29) is 0 Å². The predicted molar refractivity (Wildman–Crippen MR) is 462 cm³/mol. The minimum Gasteiger partial charge on any atom is -0.456 e. The van der Waals surface area contributed by atoms with Crippen LogP contribution >= 0.6 is 0 Å². The number of rotatable bonds is 16. The van der Waals surface area contributed by atoms with Crippen molar-refractivity contribution in [3.63, 3.8) is 0 Å². The summed E-state index contributed by atoms with van der Waals surface area (Å²) in [7, 11) is -2.05. The summed E-state index contributed by atoms with van der Waals surface area (Å²) in [6.07, 6.45) is 0. The average Bonchev–Trinajstić information content (AvgIpc) is 1.55. The highest BCUT2D eigenvalue weighted by atomic mass is 28.3. The quantitative estimate of drug-likeness (QED) is 0.0894. The Balaban J connectivity index is 0.000000149. The van der Waals surface area contributed by atoms with Gasteiger partial charge < -0.3 is 32.9 Å². The first kappa shape index (κ1) is 66.5. The van der Waals surface area contributed by atoms with Crippen LogP contribution in [0.5, 0.6) is 0 Å². The number of anilines is 12. The van der Waals surface area contributed by atoms with Gasteiger partial charge in [-0.3, -0.25) is 0 Å². The van der Waals surface area contributed by atoms with Crippen LogP contribution in [0.3, 0.4) is 0 Å². The van der Waals surface area contributed by atoms with Gasteiger partial charge in [-0.15, -0.1) is 0 Å². The maximum absolute atomic E-state index is 6.77. The second kappa shape index (κ2) is 28.6. The summed E-state index contributed by atoms with van der Waals surface area (Å²) < 4.78 is 19.7. The molecule has 0 bridgehead atoms. The van der Waals surface area contributed by atoms with E-state index in [1.54, 1.807) is 0 Å².